The number of benzene rings is 1. The first-order valence-corrected chi connectivity index (χ1v) is 5.87. The molecule has 0 unspecified atom stereocenters. The SMILES string of the molecule is CCCNC(=O)c1ccccc1NC=C(C#N)C#N. The van der Waals surface area contributed by atoms with Crippen LogP contribution in [0.2, 0.25) is 0 Å². The number of amides is 1. The zero-order valence-corrected chi connectivity index (χ0v) is 10.6. The molecule has 96 valence electrons. The summed E-state index contributed by atoms with van der Waals surface area (Å²) < 4.78 is 0. The Morgan fingerprint density at radius 3 is 2.63 bits per heavy atom. The third kappa shape index (κ3) is 4.18. The third-order valence-electron chi connectivity index (χ3n) is 2.32. The number of rotatable bonds is 5. The number of para-hydroxylation sites is 1. The number of nitrogens with zero attached hydrogens (tertiary/aromatic N) is 2. The molecule has 19 heavy (non-hydrogen) atoms. The molecule has 0 bridgehead atoms. The van der Waals surface area contributed by atoms with E-state index in [2.05, 4.69) is 10.6 Å². The van der Waals surface area contributed by atoms with Crippen molar-refractivity contribution in [1.29, 1.82) is 10.5 Å². The highest BCUT2D eigenvalue weighted by Crippen LogP contribution is 2.15. The van der Waals surface area contributed by atoms with Gasteiger partial charge in [-0.25, -0.2) is 0 Å². The summed E-state index contributed by atoms with van der Waals surface area (Å²) in [5.41, 5.74) is 0.977. The molecule has 1 aromatic carbocycles. The van der Waals surface area contributed by atoms with E-state index in [0.717, 1.165) is 6.42 Å². The van der Waals surface area contributed by atoms with Gasteiger partial charge < -0.3 is 10.6 Å². The van der Waals surface area contributed by atoms with Gasteiger partial charge >= 0.3 is 0 Å². The quantitative estimate of drug-likeness (QED) is 0.788. The van der Waals surface area contributed by atoms with Gasteiger partial charge in [-0.1, -0.05) is 19.1 Å². The zero-order chi connectivity index (χ0) is 14.1. The molecule has 1 amide bonds. The van der Waals surface area contributed by atoms with Crippen molar-refractivity contribution in [2.75, 3.05) is 11.9 Å². The van der Waals surface area contributed by atoms with Crippen LogP contribution in [0, 0.1) is 22.7 Å². The van der Waals surface area contributed by atoms with Gasteiger partial charge in [-0.05, 0) is 18.6 Å². The Hall–Kier alpha value is -2.79. The van der Waals surface area contributed by atoms with Gasteiger partial charge in [0.05, 0.1) is 11.3 Å². The van der Waals surface area contributed by atoms with Crippen LogP contribution in [0.1, 0.15) is 23.7 Å². The highest BCUT2D eigenvalue weighted by atomic mass is 16.1. The maximum Gasteiger partial charge on any atom is 0.253 e. The molecule has 5 heteroatoms. The second-order valence-electron chi connectivity index (χ2n) is 3.73. The summed E-state index contributed by atoms with van der Waals surface area (Å²) in [6.07, 6.45) is 2.14. The van der Waals surface area contributed by atoms with E-state index in [1.54, 1.807) is 36.4 Å². The van der Waals surface area contributed by atoms with Crippen molar-refractivity contribution in [2.45, 2.75) is 13.3 Å². The number of carbonyl (C=O) groups excluding carboxylic acids is 1. The molecule has 0 saturated heterocycles. The van der Waals surface area contributed by atoms with Gasteiger partial charge in [-0.3, -0.25) is 4.79 Å². The lowest BCUT2D eigenvalue weighted by Crippen LogP contribution is -2.24. The van der Waals surface area contributed by atoms with Crippen LogP contribution >= 0.6 is 0 Å². The largest absolute Gasteiger partial charge is 0.359 e. The molecule has 0 aliphatic heterocycles. The van der Waals surface area contributed by atoms with Crippen molar-refractivity contribution in [3.05, 3.63) is 41.6 Å². The van der Waals surface area contributed by atoms with Gasteiger partial charge in [0.2, 0.25) is 0 Å². The molecule has 0 spiro atoms. The number of hydrogen-bond donors (Lipinski definition) is 2. The summed E-state index contributed by atoms with van der Waals surface area (Å²) in [6.45, 7) is 2.57. The van der Waals surface area contributed by atoms with E-state index in [9.17, 15) is 4.79 Å². The van der Waals surface area contributed by atoms with Gasteiger partial charge in [0, 0.05) is 12.7 Å². The van der Waals surface area contributed by atoms with Crippen LogP contribution in [0.5, 0.6) is 0 Å². The van der Waals surface area contributed by atoms with E-state index >= 15 is 0 Å². The highest BCUT2D eigenvalue weighted by Gasteiger charge is 2.09. The number of allylic oxidation sites excluding steroid dienone is 1. The topological polar surface area (TPSA) is 88.7 Å². The molecule has 0 fully saturated rings. The second kappa shape index (κ2) is 7.52. The third-order valence-corrected chi connectivity index (χ3v) is 2.32. The summed E-state index contributed by atoms with van der Waals surface area (Å²) >= 11 is 0. The molecule has 0 heterocycles. The number of hydrogen-bond acceptors (Lipinski definition) is 4. The summed E-state index contributed by atoms with van der Waals surface area (Å²) in [4.78, 5) is 11.9. The molecular formula is C14H14N4O. The van der Waals surface area contributed by atoms with Crippen molar-refractivity contribution in [3.8, 4) is 12.1 Å². The Morgan fingerprint density at radius 1 is 1.32 bits per heavy atom. The van der Waals surface area contributed by atoms with E-state index in [1.165, 1.54) is 6.20 Å². The van der Waals surface area contributed by atoms with Crippen LogP contribution in [0.4, 0.5) is 5.69 Å². The van der Waals surface area contributed by atoms with Crippen molar-refractivity contribution in [1.82, 2.24) is 5.32 Å². The molecule has 2 N–H and O–H groups in total. The smallest absolute Gasteiger partial charge is 0.253 e. The molecule has 5 nitrogen and oxygen atoms in total. The minimum Gasteiger partial charge on any atom is -0.359 e. The van der Waals surface area contributed by atoms with Crippen molar-refractivity contribution in [3.63, 3.8) is 0 Å². The fraction of sp³-hybridized carbons (Fsp3) is 0.214. The Kier molecular flexibility index (Phi) is 5.65. The van der Waals surface area contributed by atoms with Gasteiger partial charge in [0.15, 0.2) is 0 Å². The first-order chi connectivity index (χ1) is 9.22. The molecule has 0 atom stereocenters. The molecule has 0 radical (unpaired) electrons. The lowest BCUT2D eigenvalue weighted by atomic mass is 10.1. The van der Waals surface area contributed by atoms with E-state index in [4.69, 9.17) is 10.5 Å². The molecule has 0 aliphatic rings. The van der Waals surface area contributed by atoms with Gasteiger partial charge in [-0.15, -0.1) is 0 Å². The maximum atomic E-state index is 11.9. The molecule has 1 rings (SSSR count). The fourth-order valence-electron chi connectivity index (χ4n) is 1.38. The second-order valence-corrected chi connectivity index (χ2v) is 3.73. The van der Waals surface area contributed by atoms with Crippen molar-refractivity contribution >= 4 is 11.6 Å². The first kappa shape index (κ1) is 14.3. The average Bonchev–Trinajstić information content (AvgIpc) is 2.46. The molecule has 0 saturated carbocycles. The fourth-order valence-corrected chi connectivity index (χ4v) is 1.38. The predicted octanol–water partition coefficient (Wildman–Crippen LogP) is 2.17. The Labute approximate surface area is 112 Å². The summed E-state index contributed by atoms with van der Waals surface area (Å²) in [5, 5.41) is 22.9. The number of anilines is 1. The standard InChI is InChI=1S/C14H14N4O/c1-2-7-17-14(19)12-5-3-4-6-13(12)18-10-11(8-15)9-16/h3-6,10,18H,2,7H2,1H3,(H,17,19). The van der Waals surface area contributed by atoms with E-state index in [-0.39, 0.29) is 11.5 Å². The average molecular weight is 254 g/mol. The van der Waals surface area contributed by atoms with Crippen LogP contribution in [0.3, 0.4) is 0 Å². The summed E-state index contributed by atoms with van der Waals surface area (Å²) in [6, 6.07) is 10.4. The molecule has 0 aromatic heterocycles. The van der Waals surface area contributed by atoms with Gasteiger partial charge in [0.1, 0.15) is 17.7 Å². The minimum atomic E-state index is -0.186. The zero-order valence-electron chi connectivity index (χ0n) is 10.6. The Balaban J connectivity index is 2.91. The minimum absolute atomic E-state index is 0.0521. The van der Waals surface area contributed by atoms with Crippen LogP contribution in [0.15, 0.2) is 36.0 Å². The molecule has 1 aromatic rings. The van der Waals surface area contributed by atoms with E-state index in [0.29, 0.717) is 17.8 Å². The number of nitrogens with one attached hydrogen (secondary N) is 2. The highest BCUT2D eigenvalue weighted by molar-refractivity contribution is 5.99. The van der Waals surface area contributed by atoms with E-state index in [1.807, 2.05) is 6.92 Å². The van der Waals surface area contributed by atoms with Crippen LogP contribution in [-0.2, 0) is 0 Å². The maximum absolute atomic E-state index is 11.9. The monoisotopic (exact) mass is 254 g/mol. The van der Waals surface area contributed by atoms with Crippen LogP contribution in [0.25, 0.3) is 0 Å². The Morgan fingerprint density at radius 2 is 2.00 bits per heavy atom. The number of carbonyl (C=O) groups is 1. The lowest BCUT2D eigenvalue weighted by Gasteiger charge is -2.09. The summed E-state index contributed by atoms with van der Waals surface area (Å²) in [7, 11) is 0. The predicted molar refractivity (Wildman–Crippen MR) is 72.0 cm³/mol. The normalized spacial score (nSPS) is 8.79. The van der Waals surface area contributed by atoms with Crippen LogP contribution < -0.4 is 10.6 Å². The Bertz CT molecular complexity index is 548. The van der Waals surface area contributed by atoms with Gasteiger partial charge in [-0.2, -0.15) is 10.5 Å². The molecular weight excluding hydrogens is 240 g/mol. The number of nitriles is 2. The lowest BCUT2D eigenvalue weighted by molar-refractivity contribution is 0.0954. The van der Waals surface area contributed by atoms with Crippen molar-refractivity contribution in [2.24, 2.45) is 0 Å². The molecule has 0 aliphatic carbocycles. The summed E-state index contributed by atoms with van der Waals surface area (Å²) in [5.74, 6) is -0.186. The first-order valence-electron chi connectivity index (χ1n) is 5.87. The van der Waals surface area contributed by atoms with Crippen molar-refractivity contribution < 1.29 is 4.79 Å². The van der Waals surface area contributed by atoms with Crippen LogP contribution in [-0.4, -0.2) is 12.5 Å². The van der Waals surface area contributed by atoms with Gasteiger partial charge in [0.25, 0.3) is 5.91 Å². The van der Waals surface area contributed by atoms with E-state index < -0.39 is 0 Å².